The van der Waals surface area contributed by atoms with Crippen LogP contribution >= 0.6 is 23.2 Å². The molecule has 0 saturated carbocycles. The van der Waals surface area contributed by atoms with Gasteiger partial charge in [0.15, 0.2) is 0 Å². The van der Waals surface area contributed by atoms with E-state index in [1.165, 1.54) is 6.08 Å². The van der Waals surface area contributed by atoms with Crippen molar-refractivity contribution in [2.24, 2.45) is 0 Å². The number of fused-ring (bicyclic) bond motifs is 1. The molecule has 0 spiro atoms. The number of hydrogen-bond acceptors (Lipinski definition) is 2. The van der Waals surface area contributed by atoms with Gasteiger partial charge >= 0.3 is 0 Å². The molecule has 2 N–H and O–H groups in total. The molecule has 2 aromatic carbocycles. The monoisotopic (exact) mass is 346 g/mol. The predicted molar refractivity (Wildman–Crippen MR) is 91.7 cm³/mol. The third-order valence-corrected chi connectivity index (χ3v) is 4.29. The van der Waals surface area contributed by atoms with E-state index in [0.717, 1.165) is 5.56 Å². The topological polar surface area (TPSA) is 58.2 Å². The molecule has 0 atom stereocenters. The lowest BCUT2D eigenvalue weighted by Crippen LogP contribution is -2.13. The molecule has 1 heterocycles. The molecule has 1 aliphatic rings. The first-order valence-corrected chi connectivity index (χ1v) is 7.64. The van der Waals surface area contributed by atoms with Crippen LogP contribution in [-0.2, 0) is 11.3 Å². The van der Waals surface area contributed by atoms with E-state index in [-0.39, 0.29) is 11.8 Å². The van der Waals surface area contributed by atoms with Crippen molar-refractivity contribution >= 4 is 46.8 Å². The van der Waals surface area contributed by atoms with E-state index in [0.29, 0.717) is 33.4 Å². The van der Waals surface area contributed by atoms with Crippen molar-refractivity contribution in [1.82, 2.24) is 5.32 Å². The van der Waals surface area contributed by atoms with Crippen LogP contribution in [0.15, 0.2) is 42.5 Å². The average Bonchev–Trinajstić information content (AvgIpc) is 2.90. The average molecular weight is 347 g/mol. The minimum Gasteiger partial charge on any atom is -0.348 e. The fraction of sp³-hybridized carbons (Fsp3) is 0.0588. The van der Waals surface area contributed by atoms with Gasteiger partial charge in [0.25, 0.3) is 5.91 Å². The maximum atomic E-state index is 12.0. The Hall–Kier alpha value is -2.30. The summed E-state index contributed by atoms with van der Waals surface area (Å²) in [5.74, 6) is -0.447. The molecule has 2 amide bonds. The Kier molecular flexibility index (Phi) is 4.37. The summed E-state index contributed by atoms with van der Waals surface area (Å²) >= 11 is 12.0. The molecule has 3 rings (SSSR count). The summed E-state index contributed by atoms with van der Waals surface area (Å²) in [7, 11) is 0. The van der Waals surface area contributed by atoms with Crippen LogP contribution in [0, 0.1) is 0 Å². The lowest BCUT2D eigenvalue weighted by molar-refractivity contribution is -0.111. The van der Waals surface area contributed by atoms with Gasteiger partial charge in [0.05, 0.1) is 10.0 Å². The first kappa shape index (κ1) is 15.6. The minimum atomic E-state index is -0.320. The molecule has 6 heteroatoms. The number of nitrogens with one attached hydrogen (secondary N) is 2. The molecule has 23 heavy (non-hydrogen) atoms. The van der Waals surface area contributed by atoms with Gasteiger partial charge in [-0.2, -0.15) is 0 Å². The highest BCUT2D eigenvalue weighted by Gasteiger charge is 2.18. The largest absolute Gasteiger partial charge is 0.348 e. The van der Waals surface area contributed by atoms with Crippen LogP contribution in [0.4, 0.5) is 5.69 Å². The van der Waals surface area contributed by atoms with E-state index in [1.54, 1.807) is 36.4 Å². The van der Waals surface area contributed by atoms with E-state index in [2.05, 4.69) is 10.6 Å². The van der Waals surface area contributed by atoms with Crippen LogP contribution in [-0.4, -0.2) is 11.8 Å². The molecule has 4 nitrogen and oxygen atoms in total. The molecule has 0 fully saturated rings. The van der Waals surface area contributed by atoms with Crippen molar-refractivity contribution in [2.45, 2.75) is 6.54 Å². The highest BCUT2D eigenvalue weighted by molar-refractivity contribution is 6.42. The van der Waals surface area contributed by atoms with E-state index >= 15 is 0 Å². The van der Waals surface area contributed by atoms with Gasteiger partial charge in [0, 0.05) is 23.9 Å². The van der Waals surface area contributed by atoms with Gasteiger partial charge in [0.2, 0.25) is 5.91 Å². The fourth-order valence-electron chi connectivity index (χ4n) is 2.29. The second-order valence-corrected chi connectivity index (χ2v) is 5.81. The maximum absolute atomic E-state index is 12.0. The van der Waals surface area contributed by atoms with Crippen molar-refractivity contribution in [2.75, 3.05) is 5.32 Å². The standard InChI is InChI=1S/C17H12Cl2N2O2/c18-14-3-1-2-10(16(14)19)5-7-15(22)21-12-6-4-11-9-20-17(23)13(11)8-12/h1-8H,9H2,(H,20,23)(H,21,22). The highest BCUT2D eigenvalue weighted by Crippen LogP contribution is 2.26. The number of rotatable bonds is 3. The highest BCUT2D eigenvalue weighted by atomic mass is 35.5. The van der Waals surface area contributed by atoms with Crippen molar-refractivity contribution < 1.29 is 9.59 Å². The van der Waals surface area contributed by atoms with Gasteiger partial charge in [0.1, 0.15) is 0 Å². The van der Waals surface area contributed by atoms with Crippen molar-refractivity contribution in [3.8, 4) is 0 Å². The van der Waals surface area contributed by atoms with E-state index in [4.69, 9.17) is 23.2 Å². The number of hydrogen-bond donors (Lipinski definition) is 2. The molecule has 0 saturated heterocycles. The van der Waals surface area contributed by atoms with Crippen LogP contribution in [0.3, 0.4) is 0 Å². The van der Waals surface area contributed by atoms with Crippen LogP contribution in [0.5, 0.6) is 0 Å². The van der Waals surface area contributed by atoms with Gasteiger partial charge < -0.3 is 10.6 Å². The summed E-state index contributed by atoms with van der Waals surface area (Å²) in [5, 5.41) is 6.27. The molecule has 0 unspecified atom stereocenters. The second kappa shape index (κ2) is 6.44. The Bertz CT molecular complexity index is 831. The summed E-state index contributed by atoms with van der Waals surface area (Å²) in [6, 6.07) is 10.4. The quantitative estimate of drug-likeness (QED) is 0.828. The Labute approximate surface area is 143 Å². The zero-order valence-corrected chi connectivity index (χ0v) is 13.4. The Morgan fingerprint density at radius 3 is 2.87 bits per heavy atom. The second-order valence-electron chi connectivity index (χ2n) is 5.02. The van der Waals surface area contributed by atoms with Gasteiger partial charge in [-0.1, -0.05) is 41.4 Å². The lowest BCUT2D eigenvalue weighted by atomic mass is 10.1. The number of carbonyl (C=O) groups is 2. The summed E-state index contributed by atoms with van der Waals surface area (Å²) < 4.78 is 0. The predicted octanol–water partition coefficient (Wildman–Crippen LogP) is 3.89. The van der Waals surface area contributed by atoms with Gasteiger partial charge in [-0.15, -0.1) is 0 Å². The molecule has 0 aromatic heterocycles. The van der Waals surface area contributed by atoms with Gasteiger partial charge in [-0.3, -0.25) is 9.59 Å². The third-order valence-electron chi connectivity index (χ3n) is 3.46. The Morgan fingerprint density at radius 2 is 2.04 bits per heavy atom. The van der Waals surface area contributed by atoms with Crippen LogP contribution in [0.2, 0.25) is 10.0 Å². The first-order chi connectivity index (χ1) is 11.0. The lowest BCUT2D eigenvalue weighted by Gasteiger charge is -2.04. The van der Waals surface area contributed by atoms with Crippen LogP contribution < -0.4 is 10.6 Å². The molecule has 2 aromatic rings. The zero-order chi connectivity index (χ0) is 16.4. The SMILES string of the molecule is O=C(C=Cc1cccc(Cl)c1Cl)Nc1ccc2c(c1)C(=O)NC2. The summed E-state index contributed by atoms with van der Waals surface area (Å²) in [4.78, 5) is 23.6. The summed E-state index contributed by atoms with van der Waals surface area (Å²) in [5.41, 5.74) is 2.73. The van der Waals surface area contributed by atoms with Crippen LogP contribution in [0.25, 0.3) is 6.08 Å². The summed E-state index contributed by atoms with van der Waals surface area (Å²) in [6.07, 6.45) is 2.95. The van der Waals surface area contributed by atoms with Crippen molar-refractivity contribution in [3.63, 3.8) is 0 Å². The Balaban J connectivity index is 1.73. The number of anilines is 1. The van der Waals surface area contributed by atoms with E-state index in [9.17, 15) is 9.59 Å². The minimum absolute atomic E-state index is 0.127. The third kappa shape index (κ3) is 3.38. The maximum Gasteiger partial charge on any atom is 0.251 e. The fourth-order valence-corrected chi connectivity index (χ4v) is 2.66. The van der Waals surface area contributed by atoms with Crippen molar-refractivity contribution in [3.05, 3.63) is 69.2 Å². The molecular weight excluding hydrogens is 335 g/mol. The molecule has 1 aliphatic heterocycles. The zero-order valence-electron chi connectivity index (χ0n) is 11.9. The summed E-state index contributed by atoms with van der Waals surface area (Å²) in [6.45, 7) is 0.523. The molecule has 0 radical (unpaired) electrons. The number of halogens is 2. The molecule has 0 bridgehead atoms. The molecular formula is C17H12Cl2N2O2. The van der Waals surface area contributed by atoms with Crippen LogP contribution in [0.1, 0.15) is 21.5 Å². The Morgan fingerprint density at radius 1 is 1.22 bits per heavy atom. The van der Waals surface area contributed by atoms with E-state index in [1.807, 2.05) is 6.07 Å². The first-order valence-electron chi connectivity index (χ1n) is 6.89. The molecule has 0 aliphatic carbocycles. The number of benzene rings is 2. The normalized spacial score (nSPS) is 13.0. The van der Waals surface area contributed by atoms with E-state index < -0.39 is 0 Å². The number of carbonyl (C=O) groups excluding carboxylic acids is 2. The smallest absolute Gasteiger partial charge is 0.251 e. The van der Waals surface area contributed by atoms with Gasteiger partial charge in [-0.05, 0) is 35.4 Å². The van der Waals surface area contributed by atoms with Crippen molar-refractivity contribution in [1.29, 1.82) is 0 Å². The molecule has 116 valence electrons. The van der Waals surface area contributed by atoms with Gasteiger partial charge in [-0.25, -0.2) is 0 Å². The number of amides is 2.